The average molecular weight is 306 g/mol. The first-order valence-electron chi connectivity index (χ1n) is 8.27. The standard InChI is InChI=1S/C18H30N2O2/c1-5-6-11-20(12-8-13-21)18(22)19-17-15(4)9-7-10-16(17)14(2)3/h7,9-10,14,21H,5-6,8,11-13H2,1-4H3,(H,19,22). The van der Waals surface area contributed by atoms with Crippen LogP contribution in [-0.4, -0.2) is 35.7 Å². The number of aliphatic hydroxyl groups excluding tert-OH is 1. The lowest BCUT2D eigenvalue weighted by molar-refractivity contribution is 0.201. The van der Waals surface area contributed by atoms with Gasteiger partial charge in [-0.2, -0.15) is 0 Å². The zero-order valence-electron chi connectivity index (χ0n) is 14.4. The van der Waals surface area contributed by atoms with Crippen LogP contribution in [0.15, 0.2) is 18.2 Å². The largest absolute Gasteiger partial charge is 0.396 e. The number of aryl methyl sites for hydroxylation is 1. The SMILES string of the molecule is CCCCN(CCCO)C(=O)Nc1c(C)cccc1C(C)C. The van der Waals surface area contributed by atoms with Crippen molar-refractivity contribution >= 4 is 11.7 Å². The smallest absolute Gasteiger partial charge is 0.321 e. The molecule has 0 unspecified atom stereocenters. The Morgan fingerprint density at radius 2 is 1.95 bits per heavy atom. The fourth-order valence-corrected chi connectivity index (χ4v) is 2.45. The highest BCUT2D eigenvalue weighted by Crippen LogP contribution is 2.27. The Morgan fingerprint density at radius 1 is 1.27 bits per heavy atom. The number of aliphatic hydroxyl groups is 1. The van der Waals surface area contributed by atoms with Gasteiger partial charge in [-0.15, -0.1) is 0 Å². The molecule has 4 heteroatoms. The van der Waals surface area contributed by atoms with Gasteiger partial charge >= 0.3 is 6.03 Å². The van der Waals surface area contributed by atoms with Crippen molar-refractivity contribution in [1.82, 2.24) is 4.90 Å². The second-order valence-electron chi connectivity index (χ2n) is 6.04. The van der Waals surface area contributed by atoms with Crippen LogP contribution in [0.3, 0.4) is 0 Å². The Balaban J connectivity index is 2.88. The van der Waals surface area contributed by atoms with Gasteiger partial charge < -0.3 is 15.3 Å². The van der Waals surface area contributed by atoms with Crippen molar-refractivity contribution in [3.8, 4) is 0 Å². The van der Waals surface area contributed by atoms with Crippen molar-refractivity contribution in [3.63, 3.8) is 0 Å². The number of nitrogens with one attached hydrogen (secondary N) is 1. The number of hydrogen-bond acceptors (Lipinski definition) is 2. The van der Waals surface area contributed by atoms with Crippen LogP contribution in [0.2, 0.25) is 0 Å². The molecule has 0 aliphatic heterocycles. The average Bonchev–Trinajstić information content (AvgIpc) is 2.49. The van der Waals surface area contributed by atoms with Gasteiger partial charge in [0.05, 0.1) is 0 Å². The van der Waals surface area contributed by atoms with E-state index in [0.717, 1.165) is 36.2 Å². The lowest BCUT2D eigenvalue weighted by atomic mass is 9.98. The van der Waals surface area contributed by atoms with Crippen LogP contribution < -0.4 is 5.32 Å². The Hall–Kier alpha value is -1.55. The van der Waals surface area contributed by atoms with Gasteiger partial charge in [0.2, 0.25) is 0 Å². The number of nitrogens with zero attached hydrogens (tertiary/aromatic N) is 1. The Labute approximate surface area is 134 Å². The molecular weight excluding hydrogens is 276 g/mol. The maximum absolute atomic E-state index is 12.6. The second kappa shape index (κ2) is 9.46. The zero-order chi connectivity index (χ0) is 16.5. The third kappa shape index (κ3) is 5.34. The van der Waals surface area contributed by atoms with Gasteiger partial charge in [-0.25, -0.2) is 4.79 Å². The third-order valence-corrected chi connectivity index (χ3v) is 3.81. The van der Waals surface area contributed by atoms with Crippen LogP contribution in [0.25, 0.3) is 0 Å². The van der Waals surface area contributed by atoms with Crippen molar-refractivity contribution < 1.29 is 9.90 Å². The molecule has 0 heterocycles. The molecule has 0 atom stereocenters. The molecule has 0 aliphatic carbocycles. The molecule has 0 bridgehead atoms. The van der Waals surface area contributed by atoms with Crippen molar-refractivity contribution in [1.29, 1.82) is 0 Å². The molecular formula is C18H30N2O2. The van der Waals surface area contributed by atoms with E-state index >= 15 is 0 Å². The van der Waals surface area contributed by atoms with E-state index in [9.17, 15) is 4.79 Å². The number of benzene rings is 1. The van der Waals surface area contributed by atoms with E-state index in [2.05, 4.69) is 32.2 Å². The first kappa shape index (κ1) is 18.5. The summed E-state index contributed by atoms with van der Waals surface area (Å²) in [5, 5.41) is 12.1. The highest BCUT2D eigenvalue weighted by molar-refractivity contribution is 5.91. The highest BCUT2D eigenvalue weighted by Gasteiger charge is 2.16. The number of rotatable bonds is 8. The van der Waals surface area contributed by atoms with Crippen LogP contribution in [0, 0.1) is 6.92 Å². The van der Waals surface area contributed by atoms with Crippen LogP contribution in [-0.2, 0) is 0 Å². The van der Waals surface area contributed by atoms with Crippen LogP contribution in [0.4, 0.5) is 10.5 Å². The number of anilines is 1. The predicted molar refractivity (Wildman–Crippen MR) is 92.5 cm³/mol. The van der Waals surface area contributed by atoms with E-state index in [4.69, 9.17) is 5.11 Å². The van der Waals surface area contributed by atoms with Gasteiger partial charge in [-0.1, -0.05) is 45.4 Å². The lowest BCUT2D eigenvalue weighted by Crippen LogP contribution is -2.37. The van der Waals surface area contributed by atoms with E-state index in [1.54, 1.807) is 4.90 Å². The van der Waals surface area contributed by atoms with Crippen molar-refractivity contribution in [2.75, 3.05) is 25.0 Å². The van der Waals surface area contributed by atoms with Gasteiger partial charge in [0, 0.05) is 25.4 Å². The maximum Gasteiger partial charge on any atom is 0.321 e. The summed E-state index contributed by atoms with van der Waals surface area (Å²) in [7, 11) is 0. The molecule has 0 saturated carbocycles. The van der Waals surface area contributed by atoms with Gasteiger partial charge in [0.15, 0.2) is 0 Å². The topological polar surface area (TPSA) is 52.6 Å². The Kier molecular flexibility index (Phi) is 7.96. The van der Waals surface area contributed by atoms with Gasteiger partial charge in [0.25, 0.3) is 0 Å². The lowest BCUT2D eigenvalue weighted by Gasteiger charge is -2.25. The fraction of sp³-hybridized carbons (Fsp3) is 0.611. The fourth-order valence-electron chi connectivity index (χ4n) is 2.45. The molecule has 0 radical (unpaired) electrons. The van der Waals surface area contributed by atoms with E-state index in [1.807, 2.05) is 19.1 Å². The summed E-state index contributed by atoms with van der Waals surface area (Å²) in [5.41, 5.74) is 3.16. The Bertz CT molecular complexity index is 464. The molecule has 1 aromatic rings. The Morgan fingerprint density at radius 3 is 2.55 bits per heavy atom. The molecule has 2 N–H and O–H groups in total. The quantitative estimate of drug-likeness (QED) is 0.758. The van der Waals surface area contributed by atoms with Crippen molar-refractivity contribution in [3.05, 3.63) is 29.3 Å². The zero-order valence-corrected chi connectivity index (χ0v) is 14.4. The number of amides is 2. The molecule has 2 amide bonds. The number of urea groups is 1. The molecule has 0 saturated heterocycles. The van der Waals surface area contributed by atoms with Crippen LogP contribution >= 0.6 is 0 Å². The van der Waals surface area contributed by atoms with Crippen molar-refractivity contribution in [2.24, 2.45) is 0 Å². The van der Waals surface area contributed by atoms with Gasteiger partial charge in [-0.3, -0.25) is 0 Å². The molecule has 124 valence electrons. The molecule has 0 aliphatic rings. The predicted octanol–water partition coefficient (Wildman–Crippen LogP) is 4.13. The van der Waals surface area contributed by atoms with Gasteiger partial charge in [-0.05, 0) is 36.8 Å². The number of unbranched alkanes of at least 4 members (excludes halogenated alkanes) is 1. The summed E-state index contributed by atoms with van der Waals surface area (Å²) in [6.45, 7) is 9.82. The minimum absolute atomic E-state index is 0.0712. The molecule has 0 spiro atoms. The maximum atomic E-state index is 12.6. The number of hydrogen-bond donors (Lipinski definition) is 2. The summed E-state index contributed by atoms with van der Waals surface area (Å²) >= 11 is 0. The number of carbonyl (C=O) groups is 1. The molecule has 1 aromatic carbocycles. The number of carbonyl (C=O) groups excluding carboxylic acids is 1. The third-order valence-electron chi connectivity index (χ3n) is 3.81. The van der Waals surface area contributed by atoms with E-state index < -0.39 is 0 Å². The van der Waals surface area contributed by atoms with Crippen LogP contribution in [0.5, 0.6) is 0 Å². The molecule has 1 rings (SSSR count). The minimum atomic E-state index is -0.0712. The van der Waals surface area contributed by atoms with E-state index in [0.29, 0.717) is 18.9 Å². The summed E-state index contributed by atoms with van der Waals surface area (Å²) < 4.78 is 0. The summed E-state index contributed by atoms with van der Waals surface area (Å²) in [6, 6.07) is 6.04. The van der Waals surface area contributed by atoms with E-state index in [1.165, 1.54) is 0 Å². The minimum Gasteiger partial charge on any atom is -0.396 e. The summed E-state index contributed by atoms with van der Waals surface area (Å²) in [6.07, 6.45) is 2.64. The van der Waals surface area contributed by atoms with Gasteiger partial charge in [0.1, 0.15) is 0 Å². The summed E-state index contributed by atoms with van der Waals surface area (Å²) in [4.78, 5) is 14.4. The summed E-state index contributed by atoms with van der Waals surface area (Å²) in [5.74, 6) is 0.358. The van der Waals surface area contributed by atoms with Crippen molar-refractivity contribution in [2.45, 2.75) is 52.9 Å². The molecule has 0 aromatic heterocycles. The van der Waals surface area contributed by atoms with Crippen LogP contribution in [0.1, 0.15) is 57.1 Å². The molecule has 0 fully saturated rings. The molecule has 22 heavy (non-hydrogen) atoms. The first-order valence-corrected chi connectivity index (χ1v) is 8.27. The monoisotopic (exact) mass is 306 g/mol. The van der Waals surface area contributed by atoms with E-state index in [-0.39, 0.29) is 12.6 Å². The first-order chi connectivity index (χ1) is 10.5. The second-order valence-corrected chi connectivity index (χ2v) is 6.04. The highest BCUT2D eigenvalue weighted by atomic mass is 16.3. The normalized spacial score (nSPS) is 10.8. The number of para-hydroxylation sites is 1. The molecule has 4 nitrogen and oxygen atoms in total.